The van der Waals surface area contributed by atoms with Gasteiger partial charge in [-0.3, -0.25) is 4.79 Å². The lowest BCUT2D eigenvalue weighted by molar-refractivity contribution is -0.140. The first-order valence-corrected chi connectivity index (χ1v) is 6.05. The molecule has 8 heteroatoms. The molecule has 4 nitrogen and oxygen atoms in total. The summed E-state index contributed by atoms with van der Waals surface area (Å²) in [6.07, 6.45) is -3.24. The summed E-state index contributed by atoms with van der Waals surface area (Å²) in [7, 11) is 2.66. The number of carbonyl (C=O) groups is 1. The van der Waals surface area contributed by atoms with E-state index in [1.54, 1.807) is 0 Å². The van der Waals surface area contributed by atoms with Crippen molar-refractivity contribution in [3.05, 3.63) is 22.3 Å². The van der Waals surface area contributed by atoms with Crippen LogP contribution in [-0.4, -0.2) is 31.7 Å². The first-order chi connectivity index (χ1) is 8.75. The zero-order chi connectivity index (χ0) is 14.6. The van der Waals surface area contributed by atoms with Crippen molar-refractivity contribution in [3.8, 4) is 0 Å². The van der Waals surface area contributed by atoms with Crippen LogP contribution < -0.4 is 4.90 Å². The monoisotopic (exact) mass is 340 g/mol. The molecule has 0 atom stereocenters. The van der Waals surface area contributed by atoms with E-state index in [4.69, 9.17) is 0 Å². The van der Waals surface area contributed by atoms with Crippen LogP contribution in [0.15, 0.2) is 16.7 Å². The second kappa shape index (κ2) is 6.23. The molecule has 0 radical (unpaired) electrons. The summed E-state index contributed by atoms with van der Waals surface area (Å²) < 4.78 is 43.3. The van der Waals surface area contributed by atoms with E-state index in [-0.39, 0.29) is 23.3 Å². The Hall–Kier alpha value is -1.31. The van der Waals surface area contributed by atoms with Crippen molar-refractivity contribution < 1.29 is 22.7 Å². The van der Waals surface area contributed by atoms with E-state index in [1.807, 2.05) is 0 Å². The molecule has 0 saturated heterocycles. The molecule has 0 aliphatic heterocycles. The maximum atomic E-state index is 12.9. The summed E-state index contributed by atoms with van der Waals surface area (Å²) >= 11 is 2.96. The molecule has 0 aliphatic carbocycles. The molecule has 1 rings (SSSR count). The molecule has 0 amide bonds. The van der Waals surface area contributed by atoms with E-state index in [9.17, 15) is 18.0 Å². The van der Waals surface area contributed by atoms with Gasteiger partial charge in [0, 0.05) is 24.3 Å². The molecule has 106 valence electrons. The average molecular weight is 341 g/mol. The van der Waals surface area contributed by atoms with Crippen LogP contribution in [0.25, 0.3) is 0 Å². The van der Waals surface area contributed by atoms with Crippen LogP contribution in [0.2, 0.25) is 0 Å². The van der Waals surface area contributed by atoms with Crippen molar-refractivity contribution in [3.63, 3.8) is 0 Å². The Kier molecular flexibility index (Phi) is 5.16. The van der Waals surface area contributed by atoms with Gasteiger partial charge in [-0.2, -0.15) is 13.2 Å². The van der Waals surface area contributed by atoms with E-state index < -0.39 is 17.7 Å². The average Bonchev–Trinajstić information content (AvgIpc) is 2.34. The van der Waals surface area contributed by atoms with E-state index in [1.165, 1.54) is 25.3 Å². The zero-order valence-electron chi connectivity index (χ0n) is 10.3. The maximum absolute atomic E-state index is 12.9. The Bertz CT molecular complexity index is 466. The van der Waals surface area contributed by atoms with Crippen LogP contribution in [0.5, 0.6) is 0 Å². The Morgan fingerprint density at radius 1 is 1.53 bits per heavy atom. The predicted octanol–water partition coefficient (Wildman–Crippen LogP) is 2.86. The number of anilines is 1. The fourth-order valence-corrected chi connectivity index (χ4v) is 1.74. The van der Waals surface area contributed by atoms with E-state index in [0.29, 0.717) is 0 Å². The van der Waals surface area contributed by atoms with Gasteiger partial charge in [-0.1, -0.05) is 0 Å². The highest BCUT2D eigenvalue weighted by molar-refractivity contribution is 9.10. The third kappa shape index (κ3) is 4.38. The highest BCUT2D eigenvalue weighted by Crippen LogP contribution is 2.36. The number of esters is 1. The molecular formula is C11H12BrF3N2O2. The maximum Gasteiger partial charge on any atom is 0.419 e. The van der Waals surface area contributed by atoms with E-state index in [0.717, 1.165) is 6.07 Å². The second-order valence-corrected chi connectivity index (χ2v) is 4.69. The number of hydrogen-bond donors (Lipinski definition) is 0. The summed E-state index contributed by atoms with van der Waals surface area (Å²) in [6, 6.07) is 0.955. The number of alkyl halides is 3. The fourth-order valence-electron chi connectivity index (χ4n) is 1.41. The van der Waals surface area contributed by atoms with Gasteiger partial charge >= 0.3 is 12.1 Å². The second-order valence-electron chi connectivity index (χ2n) is 3.77. The van der Waals surface area contributed by atoms with Gasteiger partial charge in [0.2, 0.25) is 0 Å². The van der Waals surface area contributed by atoms with Crippen molar-refractivity contribution in [2.75, 3.05) is 25.6 Å². The van der Waals surface area contributed by atoms with Crippen molar-refractivity contribution in [1.29, 1.82) is 0 Å². The molecule has 19 heavy (non-hydrogen) atoms. The number of aromatic nitrogens is 1. The van der Waals surface area contributed by atoms with Gasteiger partial charge in [0.25, 0.3) is 0 Å². The summed E-state index contributed by atoms with van der Waals surface area (Å²) in [5, 5.41) is 0. The standard InChI is InChI=1S/C11H12BrF3N2O2/c1-17(4-3-9(18)19-2)10-8(11(13,14)15)5-7(12)6-16-10/h5-6H,3-4H2,1-2H3. The molecule has 0 aromatic carbocycles. The smallest absolute Gasteiger partial charge is 0.419 e. The first-order valence-electron chi connectivity index (χ1n) is 5.26. The van der Waals surface area contributed by atoms with Crippen LogP contribution >= 0.6 is 15.9 Å². The Morgan fingerprint density at radius 2 is 2.16 bits per heavy atom. The summed E-state index contributed by atoms with van der Waals surface area (Å²) in [5.41, 5.74) is -0.853. The molecule has 0 N–H and O–H groups in total. The Balaban J connectivity index is 2.96. The molecular weight excluding hydrogens is 329 g/mol. The Morgan fingerprint density at radius 3 is 2.68 bits per heavy atom. The van der Waals surface area contributed by atoms with Gasteiger partial charge < -0.3 is 9.64 Å². The van der Waals surface area contributed by atoms with Gasteiger partial charge in [-0.25, -0.2) is 4.98 Å². The van der Waals surface area contributed by atoms with Crippen molar-refractivity contribution >= 4 is 27.7 Å². The predicted molar refractivity (Wildman–Crippen MR) is 66.8 cm³/mol. The summed E-state index contributed by atoms with van der Waals surface area (Å²) in [4.78, 5) is 16.0. The van der Waals surface area contributed by atoms with Crippen LogP contribution in [-0.2, 0) is 15.7 Å². The zero-order valence-corrected chi connectivity index (χ0v) is 11.9. The molecule has 0 bridgehead atoms. The van der Waals surface area contributed by atoms with Gasteiger partial charge in [0.05, 0.1) is 19.1 Å². The number of pyridine rings is 1. The lowest BCUT2D eigenvalue weighted by Gasteiger charge is -2.21. The van der Waals surface area contributed by atoms with Crippen LogP contribution in [0.1, 0.15) is 12.0 Å². The molecule has 1 heterocycles. The van der Waals surface area contributed by atoms with E-state index >= 15 is 0 Å². The molecule has 0 unspecified atom stereocenters. The topological polar surface area (TPSA) is 42.4 Å². The molecule has 1 aromatic rings. The number of nitrogens with zero attached hydrogens (tertiary/aromatic N) is 2. The summed E-state index contributed by atoms with van der Waals surface area (Å²) in [5.74, 6) is -0.711. The molecule has 0 aliphatic rings. The van der Waals surface area contributed by atoms with Crippen LogP contribution in [0.3, 0.4) is 0 Å². The van der Waals surface area contributed by atoms with Crippen molar-refractivity contribution in [2.24, 2.45) is 0 Å². The van der Waals surface area contributed by atoms with Crippen molar-refractivity contribution in [1.82, 2.24) is 4.98 Å². The number of ether oxygens (including phenoxy) is 1. The highest BCUT2D eigenvalue weighted by Gasteiger charge is 2.35. The van der Waals surface area contributed by atoms with Gasteiger partial charge in [-0.05, 0) is 22.0 Å². The first kappa shape index (κ1) is 15.7. The molecule has 0 saturated carbocycles. The highest BCUT2D eigenvalue weighted by atomic mass is 79.9. The normalized spacial score (nSPS) is 11.3. The van der Waals surface area contributed by atoms with Crippen LogP contribution in [0, 0.1) is 0 Å². The molecule has 0 spiro atoms. The van der Waals surface area contributed by atoms with Gasteiger partial charge in [0.1, 0.15) is 5.82 Å². The molecule has 0 fully saturated rings. The lowest BCUT2D eigenvalue weighted by Crippen LogP contribution is -2.25. The number of methoxy groups -OCH3 is 1. The number of halogens is 4. The van der Waals surface area contributed by atoms with Gasteiger partial charge in [-0.15, -0.1) is 0 Å². The quantitative estimate of drug-likeness (QED) is 0.790. The third-order valence-electron chi connectivity index (χ3n) is 2.38. The lowest BCUT2D eigenvalue weighted by atomic mass is 10.2. The van der Waals surface area contributed by atoms with Crippen molar-refractivity contribution in [2.45, 2.75) is 12.6 Å². The summed E-state index contributed by atoms with van der Waals surface area (Å²) in [6.45, 7) is 0.0877. The number of hydrogen-bond acceptors (Lipinski definition) is 4. The number of rotatable bonds is 4. The number of carbonyl (C=O) groups excluding carboxylic acids is 1. The minimum atomic E-state index is -4.51. The van der Waals surface area contributed by atoms with Gasteiger partial charge in [0.15, 0.2) is 0 Å². The third-order valence-corrected chi connectivity index (χ3v) is 2.81. The SMILES string of the molecule is COC(=O)CCN(C)c1ncc(Br)cc1C(F)(F)F. The minimum absolute atomic E-state index is 0.0119. The largest absolute Gasteiger partial charge is 0.469 e. The molecule has 1 aromatic heterocycles. The van der Waals surface area contributed by atoms with Crippen LogP contribution in [0.4, 0.5) is 19.0 Å². The minimum Gasteiger partial charge on any atom is -0.469 e. The van der Waals surface area contributed by atoms with E-state index in [2.05, 4.69) is 25.7 Å². The Labute approximate surface area is 116 Å². The fraction of sp³-hybridized carbons (Fsp3) is 0.455.